The number of aliphatic hydroxyl groups excluding tert-OH is 1. The molecule has 5 heterocycles. The van der Waals surface area contributed by atoms with Crippen molar-refractivity contribution in [2.45, 2.75) is 25.4 Å². The van der Waals surface area contributed by atoms with Crippen LogP contribution in [0, 0.1) is 0 Å². The van der Waals surface area contributed by atoms with Gasteiger partial charge in [-0.05, 0) is 12.1 Å². The highest BCUT2D eigenvalue weighted by molar-refractivity contribution is 7.22. The Morgan fingerprint density at radius 1 is 1.04 bits per heavy atom. The minimum atomic E-state index is -1.24. The minimum Gasteiger partial charge on any atom is -0.495 e. The fourth-order valence-corrected chi connectivity index (χ4v) is 8.17. The molecule has 2 atom stereocenters. The number of amides is 1. The number of hydrogen-bond acceptors (Lipinski definition) is 12. The van der Waals surface area contributed by atoms with Crippen LogP contribution in [-0.2, 0) is 11.3 Å². The van der Waals surface area contributed by atoms with Crippen LogP contribution in [0.1, 0.15) is 44.4 Å². The first-order valence-corrected chi connectivity index (χ1v) is 16.0. The number of methoxy groups -OCH3 is 2. The van der Waals surface area contributed by atoms with E-state index < -0.39 is 6.29 Å². The molecule has 0 saturated carbocycles. The fraction of sp³-hybridized carbons (Fsp3) is 0.344. The van der Waals surface area contributed by atoms with Crippen LogP contribution >= 0.6 is 22.7 Å². The van der Waals surface area contributed by atoms with Gasteiger partial charge < -0.3 is 39.2 Å². The van der Waals surface area contributed by atoms with Crippen molar-refractivity contribution in [3.05, 3.63) is 63.6 Å². The molecule has 1 aliphatic rings. The van der Waals surface area contributed by atoms with E-state index in [1.165, 1.54) is 22.7 Å². The monoisotopic (exact) mass is 649 g/mol. The molecule has 1 aliphatic heterocycles. The first-order chi connectivity index (χ1) is 21.7. The van der Waals surface area contributed by atoms with Gasteiger partial charge in [-0.3, -0.25) is 14.8 Å². The van der Waals surface area contributed by atoms with Gasteiger partial charge in [-0.25, -0.2) is 0 Å². The van der Waals surface area contributed by atoms with Gasteiger partial charge in [-0.2, -0.15) is 0 Å². The molecule has 236 valence electrons. The van der Waals surface area contributed by atoms with Gasteiger partial charge in [-0.15, -0.1) is 22.7 Å². The number of nitrogens with one attached hydrogen (secondary N) is 1. The number of carbonyl (C=O) groups is 1. The molecule has 0 aliphatic carbocycles. The van der Waals surface area contributed by atoms with E-state index in [1.807, 2.05) is 62.3 Å². The normalized spacial score (nSPS) is 15.0. The molecule has 0 spiro atoms. The number of rotatable bonds is 10. The fourth-order valence-electron chi connectivity index (χ4n) is 5.62. The topological polar surface area (TPSA) is 119 Å². The Labute approximate surface area is 268 Å². The summed E-state index contributed by atoms with van der Waals surface area (Å²) >= 11 is 2.70. The van der Waals surface area contributed by atoms with Crippen LogP contribution in [0.3, 0.4) is 0 Å². The minimum absolute atomic E-state index is 0.0224. The van der Waals surface area contributed by atoms with Crippen LogP contribution in [-0.4, -0.2) is 70.0 Å². The highest BCUT2D eigenvalue weighted by atomic mass is 32.1. The van der Waals surface area contributed by atoms with Crippen molar-refractivity contribution in [3.63, 3.8) is 0 Å². The van der Waals surface area contributed by atoms with E-state index >= 15 is 0 Å². The van der Waals surface area contributed by atoms with Gasteiger partial charge >= 0.3 is 0 Å². The number of aliphatic hydroxyl groups is 1. The Balaban J connectivity index is 1.30. The quantitative estimate of drug-likeness (QED) is 0.187. The first kappa shape index (κ1) is 30.8. The van der Waals surface area contributed by atoms with Gasteiger partial charge in [0.2, 0.25) is 0 Å². The number of pyridine rings is 2. The predicted octanol–water partition coefficient (Wildman–Crippen LogP) is 5.52. The zero-order valence-electron chi connectivity index (χ0n) is 25.9. The van der Waals surface area contributed by atoms with Crippen molar-refractivity contribution in [1.29, 1.82) is 0 Å². The third-order valence-corrected chi connectivity index (χ3v) is 10.0. The summed E-state index contributed by atoms with van der Waals surface area (Å²) in [5.41, 5.74) is 4.46. The number of fused-ring (bicyclic) bond motifs is 3. The Bertz CT molecular complexity index is 1870. The lowest BCUT2D eigenvalue weighted by Gasteiger charge is -2.26. The van der Waals surface area contributed by atoms with Crippen molar-refractivity contribution in [1.82, 2.24) is 15.3 Å². The number of aromatic nitrogens is 2. The summed E-state index contributed by atoms with van der Waals surface area (Å²) in [6.45, 7) is 0.551. The molecule has 1 aromatic carbocycles. The Morgan fingerprint density at radius 3 is 2.53 bits per heavy atom. The lowest BCUT2D eigenvalue weighted by molar-refractivity contribution is -0.109. The van der Waals surface area contributed by atoms with Gasteiger partial charge in [0.15, 0.2) is 6.29 Å². The maximum Gasteiger partial charge on any atom is 0.264 e. The third-order valence-electron chi connectivity index (χ3n) is 7.65. The zero-order chi connectivity index (χ0) is 31.8. The van der Waals surface area contributed by atoms with Gasteiger partial charge in [0.05, 0.1) is 59.1 Å². The van der Waals surface area contributed by atoms with Crippen molar-refractivity contribution < 1.29 is 28.8 Å². The highest BCUT2D eigenvalue weighted by Crippen LogP contribution is 2.46. The molecular weight excluding hydrogens is 615 g/mol. The van der Waals surface area contributed by atoms with Crippen LogP contribution in [0.25, 0.3) is 20.4 Å². The SMILES string of the molecule is COc1ccnc2c(N(C)C)c(C(O)OCc3cnc4c(N(C)C)c(C(=O)N[C@H]5CCOc6ccccc65)sc4c3OC)sc12. The number of para-hydroxylation sites is 1. The van der Waals surface area contributed by atoms with Crippen LogP contribution in [0.4, 0.5) is 11.4 Å². The summed E-state index contributed by atoms with van der Waals surface area (Å²) in [5.74, 6) is 1.82. The van der Waals surface area contributed by atoms with E-state index in [0.29, 0.717) is 51.0 Å². The molecule has 0 fully saturated rings. The number of anilines is 2. The van der Waals surface area contributed by atoms with Crippen LogP contribution in [0.15, 0.2) is 42.7 Å². The summed E-state index contributed by atoms with van der Waals surface area (Å²) in [4.78, 5) is 28.0. The predicted molar refractivity (Wildman–Crippen MR) is 178 cm³/mol. The van der Waals surface area contributed by atoms with Crippen LogP contribution < -0.4 is 29.3 Å². The lowest BCUT2D eigenvalue weighted by atomic mass is 10.0. The van der Waals surface area contributed by atoms with Crippen molar-refractivity contribution in [2.24, 2.45) is 0 Å². The lowest BCUT2D eigenvalue weighted by Crippen LogP contribution is -2.32. The molecule has 6 rings (SSSR count). The molecule has 45 heavy (non-hydrogen) atoms. The molecule has 5 aromatic rings. The second-order valence-electron chi connectivity index (χ2n) is 10.9. The van der Waals surface area contributed by atoms with Crippen LogP contribution in [0.2, 0.25) is 0 Å². The molecule has 1 amide bonds. The maximum atomic E-state index is 13.8. The van der Waals surface area contributed by atoms with E-state index in [0.717, 1.165) is 31.9 Å². The van der Waals surface area contributed by atoms with Gasteiger partial charge in [-0.1, -0.05) is 18.2 Å². The average Bonchev–Trinajstić information content (AvgIpc) is 3.63. The Hall–Kier alpha value is -4.17. The number of ether oxygens (including phenoxy) is 4. The Kier molecular flexibility index (Phi) is 8.69. The molecule has 0 saturated heterocycles. The number of hydrogen-bond donors (Lipinski definition) is 2. The van der Waals surface area contributed by atoms with Crippen molar-refractivity contribution in [3.8, 4) is 17.2 Å². The molecule has 2 N–H and O–H groups in total. The number of carbonyl (C=O) groups excluding carboxylic acids is 1. The maximum absolute atomic E-state index is 13.8. The first-order valence-electron chi connectivity index (χ1n) is 14.3. The van der Waals surface area contributed by atoms with Gasteiger partial charge in [0.1, 0.15) is 33.2 Å². The molecule has 4 aromatic heterocycles. The van der Waals surface area contributed by atoms with Crippen molar-refractivity contribution >= 4 is 60.4 Å². The van der Waals surface area contributed by atoms with Crippen molar-refractivity contribution in [2.75, 3.05) is 58.8 Å². The molecule has 0 radical (unpaired) electrons. The van der Waals surface area contributed by atoms with E-state index in [4.69, 9.17) is 23.9 Å². The second-order valence-corrected chi connectivity index (χ2v) is 13.0. The smallest absolute Gasteiger partial charge is 0.264 e. The summed E-state index contributed by atoms with van der Waals surface area (Å²) < 4.78 is 24.7. The van der Waals surface area contributed by atoms with E-state index in [2.05, 4.69) is 10.3 Å². The number of benzene rings is 1. The summed E-state index contributed by atoms with van der Waals surface area (Å²) in [7, 11) is 10.8. The van der Waals surface area contributed by atoms with Crippen LogP contribution in [0.5, 0.6) is 17.2 Å². The third kappa shape index (κ3) is 5.61. The standard InChI is InChI=1S/C32H35N5O6S2/c1-36(2)24-23-28(45-29(24)31(38)35-19-12-14-42-20-10-8-7-9-18(19)20)26(41-6)17(15-34-23)16-43-32(39)30-25(37(3)4)22-27(44-30)21(40-5)11-13-33-22/h7-11,13,15,19,32,39H,12,14,16H2,1-6H3,(H,35,38)/t19-,32?/m0/s1. The average molecular weight is 650 g/mol. The molecular formula is C32H35N5O6S2. The second kappa shape index (κ2) is 12.7. The summed E-state index contributed by atoms with van der Waals surface area (Å²) in [6, 6.07) is 9.40. The number of thiophene rings is 2. The highest BCUT2D eigenvalue weighted by Gasteiger charge is 2.29. The molecule has 11 nitrogen and oxygen atoms in total. The molecule has 13 heteroatoms. The van der Waals surface area contributed by atoms with Gasteiger partial charge in [0, 0.05) is 58.1 Å². The summed E-state index contributed by atoms with van der Waals surface area (Å²) in [6.07, 6.45) is 2.79. The largest absolute Gasteiger partial charge is 0.495 e. The van der Waals surface area contributed by atoms with Gasteiger partial charge in [0.25, 0.3) is 5.91 Å². The molecule has 0 bridgehead atoms. The zero-order valence-corrected chi connectivity index (χ0v) is 27.5. The molecule has 1 unspecified atom stereocenters. The number of nitrogens with zero attached hydrogens (tertiary/aromatic N) is 4. The Morgan fingerprint density at radius 2 is 1.80 bits per heavy atom. The summed E-state index contributed by atoms with van der Waals surface area (Å²) in [5, 5.41) is 14.5. The van der Waals surface area contributed by atoms with E-state index in [9.17, 15) is 9.90 Å². The van der Waals surface area contributed by atoms with E-state index in [-0.39, 0.29) is 18.6 Å². The van der Waals surface area contributed by atoms with E-state index in [1.54, 1.807) is 32.7 Å².